The number of para-hydroxylation sites is 1. The molecule has 2 aliphatic rings. The molecule has 0 aliphatic carbocycles. The van der Waals surface area contributed by atoms with Gasteiger partial charge in [0, 0.05) is 6.42 Å². The smallest absolute Gasteiger partial charge is 0.218 e. The molecule has 5 rings (SSSR count). The average molecular weight is 386 g/mol. The van der Waals surface area contributed by atoms with Crippen LogP contribution in [0.2, 0.25) is 0 Å². The summed E-state index contributed by atoms with van der Waals surface area (Å²) in [6.45, 7) is 0.310. The first-order chi connectivity index (χ1) is 13.1. The first kappa shape index (κ1) is 16.3. The number of aromatic nitrogens is 5. The van der Waals surface area contributed by atoms with Gasteiger partial charge in [-0.2, -0.15) is 0 Å². The van der Waals surface area contributed by atoms with Crippen molar-refractivity contribution in [2.24, 2.45) is 0 Å². The van der Waals surface area contributed by atoms with Crippen LogP contribution in [0.25, 0.3) is 17.2 Å². The van der Waals surface area contributed by atoms with Gasteiger partial charge in [0.05, 0.1) is 18.3 Å². The number of rotatable bonds is 3. The van der Waals surface area contributed by atoms with Crippen LogP contribution in [0.15, 0.2) is 35.0 Å². The maximum atomic E-state index is 12.2. The van der Waals surface area contributed by atoms with E-state index in [1.807, 2.05) is 30.3 Å². The second-order valence-corrected chi connectivity index (χ2v) is 6.66. The number of nitrogens with two attached hydrogens (primary N) is 1. The van der Waals surface area contributed by atoms with E-state index < -0.39 is 6.29 Å². The molecule has 2 bridgehead atoms. The highest BCUT2D eigenvalue weighted by Gasteiger charge is 2.45. The summed E-state index contributed by atoms with van der Waals surface area (Å²) in [4.78, 5) is 12.2. The number of Topliss-reactive ketones (excluding diaryl/α,β-unsaturated/α-hetero) is 1. The van der Waals surface area contributed by atoms with Crippen LogP contribution in [-0.2, 0) is 14.3 Å². The SMILES string of the molecule is Nc1nonc1-c1nn([C@@H]2CC(=O)[C@H]3OC[C@@H]2O3)c(=S)n1-c1ccccc1. The molecule has 10 nitrogen and oxygen atoms in total. The molecule has 2 N–H and O–H groups in total. The summed E-state index contributed by atoms with van der Waals surface area (Å²) in [6, 6.07) is 9.04. The highest BCUT2D eigenvalue weighted by Crippen LogP contribution is 2.34. The fourth-order valence-corrected chi connectivity index (χ4v) is 3.75. The number of hydrogen-bond donors (Lipinski definition) is 1. The topological polar surface area (TPSA) is 123 Å². The van der Waals surface area contributed by atoms with Crippen LogP contribution in [0.3, 0.4) is 0 Å². The van der Waals surface area contributed by atoms with Crippen molar-refractivity contribution in [1.82, 2.24) is 24.7 Å². The minimum Gasteiger partial charge on any atom is -0.379 e. The first-order valence-corrected chi connectivity index (χ1v) is 8.69. The summed E-state index contributed by atoms with van der Waals surface area (Å²) >= 11 is 5.68. The lowest BCUT2D eigenvalue weighted by Crippen LogP contribution is -2.37. The van der Waals surface area contributed by atoms with Gasteiger partial charge < -0.3 is 15.2 Å². The maximum Gasteiger partial charge on any atom is 0.218 e. The minimum absolute atomic E-state index is 0.0968. The standard InChI is InChI=1S/C16H14N6O4S/c17-13-12(19-26-20-13)14-18-22(9-6-10(23)15-24-7-11(9)25-15)16(27)21(14)8-4-2-1-3-5-8/h1-5,9,11,15H,6-7H2,(H2,17,20)/t9-,11+,15+/m1/s1. The van der Waals surface area contributed by atoms with Crippen molar-refractivity contribution in [2.45, 2.75) is 24.9 Å². The van der Waals surface area contributed by atoms with Crippen LogP contribution < -0.4 is 5.73 Å². The Morgan fingerprint density at radius 1 is 1.22 bits per heavy atom. The Bertz CT molecular complexity index is 1070. The second-order valence-electron chi connectivity index (χ2n) is 6.30. The van der Waals surface area contributed by atoms with E-state index in [1.54, 1.807) is 9.25 Å². The molecule has 2 aromatic heterocycles. The van der Waals surface area contributed by atoms with Gasteiger partial charge in [0.2, 0.25) is 11.1 Å². The van der Waals surface area contributed by atoms with E-state index in [4.69, 9.17) is 32.1 Å². The monoisotopic (exact) mass is 386 g/mol. The molecule has 1 aromatic carbocycles. The lowest BCUT2D eigenvalue weighted by atomic mass is 10.0. The molecule has 2 fully saturated rings. The van der Waals surface area contributed by atoms with Gasteiger partial charge in [0.1, 0.15) is 6.10 Å². The normalized spacial score (nSPS) is 24.4. The maximum absolute atomic E-state index is 12.2. The summed E-state index contributed by atoms with van der Waals surface area (Å²) in [5, 5.41) is 12.1. The second kappa shape index (κ2) is 6.08. The van der Waals surface area contributed by atoms with Gasteiger partial charge >= 0.3 is 0 Å². The summed E-state index contributed by atoms with van der Waals surface area (Å²) in [7, 11) is 0. The van der Waals surface area contributed by atoms with E-state index in [0.717, 1.165) is 5.69 Å². The van der Waals surface area contributed by atoms with E-state index in [1.165, 1.54) is 0 Å². The number of carbonyl (C=O) groups excluding carboxylic acids is 1. The predicted molar refractivity (Wildman–Crippen MR) is 93.4 cm³/mol. The molecule has 0 amide bonds. The van der Waals surface area contributed by atoms with Crippen LogP contribution in [0.5, 0.6) is 0 Å². The number of carbonyl (C=O) groups is 1. The number of ketones is 1. The number of anilines is 1. The molecule has 27 heavy (non-hydrogen) atoms. The van der Waals surface area contributed by atoms with Crippen LogP contribution in [-0.4, -0.2) is 49.4 Å². The number of fused-ring (bicyclic) bond motifs is 2. The largest absolute Gasteiger partial charge is 0.379 e. The minimum atomic E-state index is -0.786. The Morgan fingerprint density at radius 2 is 2.04 bits per heavy atom. The Labute approximate surface area is 157 Å². The van der Waals surface area contributed by atoms with Gasteiger partial charge in [-0.25, -0.2) is 9.31 Å². The van der Waals surface area contributed by atoms with Crippen LogP contribution in [0.1, 0.15) is 12.5 Å². The summed E-state index contributed by atoms with van der Waals surface area (Å²) < 4.78 is 19.5. The molecule has 3 atom stereocenters. The van der Waals surface area contributed by atoms with Gasteiger partial charge in [0.15, 0.2) is 23.1 Å². The van der Waals surface area contributed by atoms with E-state index >= 15 is 0 Å². The van der Waals surface area contributed by atoms with Gasteiger partial charge in [0.25, 0.3) is 0 Å². The number of ether oxygens (including phenoxy) is 2. The molecule has 2 aliphatic heterocycles. The van der Waals surface area contributed by atoms with E-state index in [-0.39, 0.29) is 35.9 Å². The van der Waals surface area contributed by atoms with E-state index in [2.05, 4.69) is 15.4 Å². The Hall–Kier alpha value is -2.89. The molecule has 4 heterocycles. The zero-order valence-electron chi connectivity index (χ0n) is 13.9. The van der Waals surface area contributed by atoms with Crippen molar-refractivity contribution in [3.05, 3.63) is 35.1 Å². The molecule has 3 aromatic rings. The lowest BCUT2D eigenvalue weighted by molar-refractivity contribution is -0.156. The van der Waals surface area contributed by atoms with Gasteiger partial charge in [-0.15, -0.1) is 5.10 Å². The van der Waals surface area contributed by atoms with Gasteiger partial charge in [-0.05, 0) is 34.7 Å². The molecule has 0 unspecified atom stereocenters. The van der Waals surface area contributed by atoms with Crippen molar-refractivity contribution >= 4 is 23.8 Å². The van der Waals surface area contributed by atoms with Crippen LogP contribution in [0.4, 0.5) is 5.82 Å². The van der Waals surface area contributed by atoms with E-state index in [9.17, 15) is 4.79 Å². The van der Waals surface area contributed by atoms with Crippen molar-refractivity contribution in [2.75, 3.05) is 12.3 Å². The lowest BCUT2D eigenvalue weighted by Gasteiger charge is -2.26. The molecule has 0 saturated carbocycles. The molecule has 138 valence electrons. The zero-order valence-corrected chi connectivity index (χ0v) is 14.7. The third kappa shape index (κ3) is 2.51. The Kier molecular flexibility index (Phi) is 3.67. The number of benzene rings is 1. The number of nitrogens with zero attached hydrogens (tertiary/aromatic N) is 5. The van der Waals surface area contributed by atoms with E-state index in [0.29, 0.717) is 17.2 Å². The number of nitrogen functional groups attached to an aromatic ring is 1. The zero-order chi connectivity index (χ0) is 18.5. The highest BCUT2D eigenvalue weighted by molar-refractivity contribution is 7.71. The van der Waals surface area contributed by atoms with Crippen molar-refractivity contribution in [3.8, 4) is 17.2 Å². The Morgan fingerprint density at radius 3 is 2.78 bits per heavy atom. The molecule has 0 spiro atoms. The fraction of sp³-hybridized carbons (Fsp3) is 0.312. The molecule has 2 saturated heterocycles. The first-order valence-electron chi connectivity index (χ1n) is 8.28. The molecular weight excluding hydrogens is 372 g/mol. The average Bonchev–Trinajstić information content (AvgIpc) is 3.37. The molecule has 11 heteroatoms. The summed E-state index contributed by atoms with van der Waals surface area (Å²) in [5.74, 6) is 0.340. The predicted octanol–water partition coefficient (Wildman–Crippen LogP) is 1.29. The van der Waals surface area contributed by atoms with Crippen LogP contribution in [0, 0.1) is 4.77 Å². The number of hydrogen-bond acceptors (Lipinski definition) is 9. The Balaban J connectivity index is 1.70. The molecular formula is C16H14N6O4S. The molecule has 0 radical (unpaired) electrons. The van der Waals surface area contributed by atoms with Gasteiger partial charge in [-0.3, -0.25) is 9.36 Å². The summed E-state index contributed by atoms with van der Waals surface area (Å²) in [6.07, 6.45) is -0.868. The van der Waals surface area contributed by atoms with Crippen molar-refractivity contribution < 1.29 is 18.9 Å². The highest BCUT2D eigenvalue weighted by atomic mass is 32.1. The fourth-order valence-electron chi connectivity index (χ4n) is 3.38. The van der Waals surface area contributed by atoms with Crippen molar-refractivity contribution in [1.29, 1.82) is 0 Å². The third-order valence-corrected chi connectivity index (χ3v) is 5.04. The van der Waals surface area contributed by atoms with Gasteiger partial charge in [-0.1, -0.05) is 18.2 Å². The summed E-state index contributed by atoms with van der Waals surface area (Å²) in [5.41, 5.74) is 6.92. The third-order valence-electron chi connectivity index (χ3n) is 4.67. The van der Waals surface area contributed by atoms with Crippen molar-refractivity contribution in [3.63, 3.8) is 0 Å². The quantitative estimate of drug-likeness (QED) is 0.663. The van der Waals surface area contributed by atoms with Crippen LogP contribution >= 0.6 is 12.2 Å².